The molecule has 0 saturated carbocycles. The van der Waals surface area contributed by atoms with Crippen molar-refractivity contribution in [3.05, 3.63) is 68.5 Å². The standard InChI is InChI=1S/C26H29ClN2O6/c1-5-28(6-2)12-7-13-29-25(31)24-22(23(30)18-15-17(27)9-11-19(18)35-24)26(29,32)16-8-10-20(33-3)21(14-16)34-4/h8-11,14-15,32H,5-7,12-13H2,1-4H3. The average molecular weight is 501 g/mol. The van der Waals surface area contributed by atoms with Gasteiger partial charge in [0, 0.05) is 17.1 Å². The van der Waals surface area contributed by atoms with Gasteiger partial charge in [-0.2, -0.15) is 0 Å². The molecule has 0 spiro atoms. The SMILES string of the molecule is CCN(CC)CCCN1C(=O)c2oc3ccc(Cl)cc3c(=O)c2C1(O)c1ccc(OC)c(OC)c1. The molecule has 1 aromatic heterocycles. The molecule has 2 aromatic carbocycles. The monoisotopic (exact) mass is 500 g/mol. The second kappa shape index (κ2) is 9.89. The van der Waals surface area contributed by atoms with Gasteiger partial charge in [0.1, 0.15) is 11.1 Å². The molecule has 0 fully saturated rings. The summed E-state index contributed by atoms with van der Waals surface area (Å²) in [4.78, 5) is 30.8. The van der Waals surface area contributed by atoms with Gasteiger partial charge in [-0.25, -0.2) is 0 Å². The average Bonchev–Trinajstić information content (AvgIpc) is 3.09. The van der Waals surface area contributed by atoms with Crippen molar-refractivity contribution in [3.63, 3.8) is 0 Å². The highest BCUT2D eigenvalue weighted by Crippen LogP contribution is 2.44. The van der Waals surface area contributed by atoms with E-state index >= 15 is 0 Å². The zero-order valence-electron chi connectivity index (χ0n) is 20.3. The molecular formula is C26H29ClN2O6. The number of nitrogens with zero attached hydrogens (tertiary/aromatic N) is 2. The van der Waals surface area contributed by atoms with Crippen LogP contribution in [0.5, 0.6) is 11.5 Å². The fourth-order valence-electron chi connectivity index (χ4n) is 4.65. The summed E-state index contributed by atoms with van der Waals surface area (Å²) < 4.78 is 16.6. The summed E-state index contributed by atoms with van der Waals surface area (Å²) in [5.74, 6) is 0.0844. The maximum atomic E-state index is 13.7. The molecule has 4 rings (SSSR count). The van der Waals surface area contributed by atoms with Gasteiger partial charge in [-0.05, 0) is 62.5 Å². The molecule has 1 aliphatic rings. The number of ether oxygens (including phenoxy) is 2. The largest absolute Gasteiger partial charge is 0.493 e. The number of fused-ring (bicyclic) bond motifs is 2. The Hall–Kier alpha value is -3.07. The third-order valence-electron chi connectivity index (χ3n) is 6.57. The molecule has 9 heteroatoms. The highest BCUT2D eigenvalue weighted by Gasteiger charge is 2.54. The fourth-order valence-corrected chi connectivity index (χ4v) is 4.82. The van der Waals surface area contributed by atoms with Crippen molar-refractivity contribution in [2.75, 3.05) is 40.4 Å². The van der Waals surface area contributed by atoms with Gasteiger partial charge in [0.15, 0.2) is 11.5 Å². The predicted octanol–water partition coefficient (Wildman–Crippen LogP) is 3.84. The Bertz CT molecular complexity index is 1320. The Labute approximate surface area is 208 Å². The molecule has 0 saturated heterocycles. The summed E-state index contributed by atoms with van der Waals surface area (Å²) in [7, 11) is 2.98. The summed E-state index contributed by atoms with van der Waals surface area (Å²) in [5, 5.41) is 12.8. The number of aliphatic hydroxyl groups is 1. The van der Waals surface area contributed by atoms with E-state index in [-0.39, 0.29) is 28.8 Å². The molecule has 0 bridgehead atoms. The zero-order valence-corrected chi connectivity index (χ0v) is 21.0. The molecule has 2 heterocycles. The number of methoxy groups -OCH3 is 2. The first-order valence-electron chi connectivity index (χ1n) is 11.6. The molecule has 0 aliphatic carbocycles. The molecule has 1 atom stereocenters. The van der Waals surface area contributed by atoms with E-state index in [1.165, 1.54) is 25.2 Å². The second-order valence-electron chi connectivity index (χ2n) is 8.35. The Balaban J connectivity index is 1.91. The minimum Gasteiger partial charge on any atom is -0.493 e. The molecule has 1 aliphatic heterocycles. The quantitative estimate of drug-likeness (QED) is 0.477. The highest BCUT2D eigenvalue weighted by atomic mass is 35.5. The van der Waals surface area contributed by atoms with Gasteiger partial charge in [-0.15, -0.1) is 0 Å². The third kappa shape index (κ3) is 4.16. The number of hydrogen-bond acceptors (Lipinski definition) is 7. The normalized spacial score (nSPS) is 17.3. The van der Waals surface area contributed by atoms with Gasteiger partial charge in [0.2, 0.25) is 16.9 Å². The van der Waals surface area contributed by atoms with Crippen LogP contribution >= 0.6 is 11.6 Å². The van der Waals surface area contributed by atoms with Crippen LogP contribution in [0, 0.1) is 0 Å². The van der Waals surface area contributed by atoms with Crippen molar-refractivity contribution < 1.29 is 23.8 Å². The summed E-state index contributed by atoms with van der Waals surface area (Å²) in [6.07, 6.45) is 0.594. The van der Waals surface area contributed by atoms with E-state index in [2.05, 4.69) is 18.7 Å². The first kappa shape index (κ1) is 25.0. The number of rotatable bonds is 9. The van der Waals surface area contributed by atoms with Gasteiger partial charge in [0.25, 0.3) is 5.91 Å². The van der Waals surface area contributed by atoms with E-state index in [0.29, 0.717) is 28.5 Å². The van der Waals surface area contributed by atoms with Crippen LogP contribution < -0.4 is 14.9 Å². The Morgan fingerprint density at radius 1 is 1.06 bits per heavy atom. The topological polar surface area (TPSA) is 92.5 Å². The molecule has 0 radical (unpaired) electrons. The number of amides is 1. The minimum atomic E-state index is -2.06. The van der Waals surface area contributed by atoms with Crippen molar-refractivity contribution >= 4 is 28.5 Å². The maximum absolute atomic E-state index is 13.7. The van der Waals surface area contributed by atoms with Gasteiger partial charge in [-0.3, -0.25) is 14.5 Å². The molecular weight excluding hydrogens is 472 g/mol. The smallest absolute Gasteiger partial charge is 0.293 e. The molecule has 3 aromatic rings. The fraction of sp³-hybridized carbons (Fsp3) is 0.385. The molecule has 1 amide bonds. The number of carbonyl (C=O) groups is 1. The van der Waals surface area contributed by atoms with Crippen LogP contribution in [0.1, 0.15) is 41.9 Å². The molecule has 1 N–H and O–H groups in total. The lowest BCUT2D eigenvalue weighted by atomic mass is 9.93. The number of halogens is 1. The van der Waals surface area contributed by atoms with Gasteiger partial charge >= 0.3 is 0 Å². The zero-order chi connectivity index (χ0) is 25.3. The summed E-state index contributed by atoms with van der Waals surface area (Å²) in [6.45, 7) is 6.82. The van der Waals surface area contributed by atoms with E-state index in [9.17, 15) is 14.7 Å². The van der Waals surface area contributed by atoms with Gasteiger partial charge in [0.05, 0.1) is 19.6 Å². The lowest BCUT2D eigenvalue weighted by Gasteiger charge is -2.34. The number of benzene rings is 2. The van der Waals surface area contributed by atoms with E-state index in [1.807, 2.05) is 0 Å². The first-order valence-corrected chi connectivity index (χ1v) is 11.9. The molecule has 35 heavy (non-hydrogen) atoms. The maximum Gasteiger partial charge on any atom is 0.293 e. The van der Waals surface area contributed by atoms with Crippen molar-refractivity contribution in [1.29, 1.82) is 0 Å². The van der Waals surface area contributed by atoms with Crippen molar-refractivity contribution in [1.82, 2.24) is 9.80 Å². The van der Waals surface area contributed by atoms with E-state index in [4.69, 9.17) is 25.5 Å². The van der Waals surface area contributed by atoms with E-state index < -0.39 is 17.1 Å². The predicted molar refractivity (Wildman–Crippen MR) is 133 cm³/mol. The van der Waals surface area contributed by atoms with Crippen LogP contribution in [0.25, 0.3) is 11.0 Å². The molecule has 1 unspecified atom stereocenters. The Morgan fingerprint density at radius 3 is 2.43 bits per heavy atom. The Kier molecular flexibility index (Phi) is 7.07. The van der Waals surface area contributed by atoms with Gasteiger partial charge < -0.3 is 23.9 Å². The van der Waals surface area contributed by atoms with Crippen molar-refractivity contribution in [2.45, 2.75) is 26.0 Å². The van der Waals surface area contributed by atoms with Crippen LogP contribution in [-0.2, 0) is 5.72 Å². The van der Waals surface area contributed by atoms with E-state index in [1.54, 1.807) is 30.3 Å². The lowest BCUT2D eigenvalue weighted by Crippen LogP contribution is -2.47. The van der Waals surface area contributed by atoms with Crippen LogP contribution in [-0.4, -0.2) is 61.2 Å². The second-order valence-corrected chi connectivity index (χ2v) is 8.79. The minimum absolute atomic E-state index is 0.132. The summed E-state index contributed by atoms with van der Waals surface area (Å²) >= 11 is 6.13. The van der Waals surface area contributed by atoms with Crippen LogP contribution in [0.2, 0.25) is 5.02 Å². The summed E-state index contributed by atoms with van der Waals surface area (Å²) in [5.41, 5.74) is -2.19. The van der Waals surface area contributed by atoms with Crippen molar-refractivity contribution in [3.8, 4) is 11.5 Å². The van der Waals surface area contributed by atoms with Crippen LogP contribution in [0.3, 0.4) is 0 Å². The van der Waals surface area contributed by atoms with E-state index in [0.717, 1.165) is 19.6 Å². The first-order chi connectivity index (χ1) is 16.8. The van der Waals surface area contributed by atoms with Crippen LogP contribution in [0.15, 0.2) is 45.6 Å². The number of carbonyl (C=O) groups excluding carboxylic acids is 1. The number of hydrogen-bond donors (Lipinski definition) is 1. The third-order valence-corrected chi connectivity index (χ3v) is 6.80. The van der Waals surface area contributed by atoms with Gasteiger partial charge in [-0.1, -0.05) is 25.4 Å². The van der Waals surface area contributed by atoms with Crippen LogP contribution in [0.4, 0.5) is 0 Å². The van der Waals surface area contributed by atoms with Crippen molar-refractivity contribution in [2.24, 2.45) is 0 Å². The lowest BCUT2D eigenvalue weighted by molar-refractivity contribution is -0.0516. The molecule has 186 valence electrons. The molecule has 8 nitrogen and oxygen atoms in total. The highest BCUT2D eigenvalue weighted by molar-refractivity contribution is 6.31. The Morgan fingerprint density at radius 2 is 1.77 bits per heavy atom. The summed E-state index contributed by atoms with van der Waals surface area (Å²) in [6, 6.07) is 9.42.